The first-order valence-electron chi connectivity index (χ1n) is 11.9. The summed E-state index contributed by atoms with van der Waals surface area (Å²) < 4.78 is 21.6. The molecule has 2 N–H and O–H groups in total. The van der Waals surface area contributed by atoms with E-state index in [-0.39, 0.29) is 13.1 Å². The lowest BCUT2D eigenvalue weighted by molar-refractivity contribution is -0.161. The molecular formula is C24H43N3O8. The molecule has 0 aromatic rings. The van der Waals surface area contributed by atoms with Crippen molar-refractivity contribution in [2.24, 2.45) is 0 Å². The summed E-state index contributed by atoms with van der Waals surface area (Å²) in [7, 11) is 0. The van der Waals surface area contributed by atoms with Crippen molar-refractivity contribution in [1.29, 1.82) is 0 Å². The molecule has 202 valence electrons. The monoisotopic (exact) mass is 501 g/mol. The van der Waals surface area contributed by atoms with Gasteiger partial charge in [-0.15, -0.1) is 0 Å². The fraction of sp³-hybridized carbons (Fsp3) is 0.833. The van der Waals surface area contributed by atoms with Gasteiger partial charge in [0, 0.05) is 6.54 Å². The fourth-order valence-electron chi connectivity index (χ4n) is 3.14. The average Bonchev–Trinajstić information content (AvgIpc) is 3.12. The third kappa shape index (κ3) is 12.0. The van der Waals surface area contributed by atoms with Crippen molar-refractivity contribution in [3.63, 3.8) is 0 Å². The number of hydrogen-bond donors (Lipinski definition) is 2. The summed E-state index contributed by atoms with van der Waals surface area (Å²) in [4.78, 5) is 50.9. The van der Waals surface area contributed by atoms with E-state index in [1.165, 1.54) is 4.90 Å². The van der Waals surface area contributed by atoms with Gasteiger partial charge in [-0.05, 0) is 82.1 Å². The summed E-state index contributed by atoms with van der Waals surface area (Å²) in [5, 5.41) is 5.17. The number of alkyl carbamates (subject to hydrolysis) is 2. The van der Waals surface area contributed by atoms with Gasteiger partial charge in [0.05, 0.1) is 13.1 Å². The molecule has 0 aromatic carbocycles. The van der Waals surface area contributed by atoms with Gasteiger partial charge in [-0.25, -0.2) is 19.2 Å². The molecule has 0 aromatic heterocycles. The van der Waals surface area contributed by atoms with E-state index in [9.17, 15) is 19.2 Å². The number of hydrogen-bond acceptors (Lipinski definition) is 8. The van der Waals surface area contributed by atoms with Gasteiger partial charge >= 0.3 is 24.2 Å². The smallest absolute Gasteiger partial charge is 0.411 e. The first-order valence-corrected chi connectivity index (χ1v) is 11.9. The van der Waals surface area contributed by atoms with Crippen molar-refractivity contribution in [3.05, 3.63) is 0 Å². The molecule has 1 aliphatic heterocycles. The number of rotatable bonds is 7. The average molecular weight is 502 g/mol. The number of nitrogens with zero attached hydrogens (tertiary/aromatic N) is 1. The summed E-state index contributed by atoms with van der Waals surface area (Å²) in [6, 6.07) is -0.807. The van der Waals surface area contributed by atoms with E-state index in [4.69, 9.17) is 18.9 Å². The highest BCUT2D eigenvalue weighted by molar-refractivity contribution is 5.82. The highest BCUT2D eigenvalue weighted by atomic mass is 16.6. The van der Waals surface area contributed by atoms with Crippen LogP contribution in [0.1, 0.15) is 82.1 Å². The first kappa shape index (κ1) is 30.3. The molecule has 11 heteroatoms. The topological polar surface area (TPSA) is 132 Å². The highest BCUT2D eigenvalue weighted by Gasteiger charge is 2.40. The molecule has 1 aliphatic rings. The largest absolute Gasteiger partial charge is 0.456 e. The van der Waals surface area contributed by atoms with Crippen LogP contribution in [0.4, 0.5) is 14.4 Å². The van der Waals surface area contributed by atoms with Crippen LogP contribution in [0.15, 0.2) is 0 Å². The standard InChI is InChI=1S/C24H43N3O8/c1-21(2,3)33-18(29)25-14-23(7,8)32-17(28)16-12-11-13-27(16)20(31)35-24(9,10)15-26-19(30)34-22(4,5)6/h16H,11-15H2,1-10H3,(H,25,29)(H,26,30). The van der Waals surface area contributed by atoms with Crippen molar-refractivity contribution in [3.8, 4) is 0 Å². The van der Waals surface area contributed by atoms with Gasteiger partial charge in [0.1, 0.15) is 28.4 Å². The molecular weight excluding hydrogens is 458 g/mol. The summed E-state index contributed by atoms with van der Waals surface area (Å²) in [6.45, 7) is 17.5. The molecule has 3 amide bonds. The number of ether oxygens (including phenoxy) is 4. The first-order chi connectivity index (χ1) is 15.7. The molecule has 0 bridgehead atoms. The van der Waals surface area contributed by atoms with E-state index < -0.39 is 52.7 Å². The van der Waals surface area contributed by atoms with Crippen LogP contribution >= 0.6 is 0 Å². The number of carbonyl (C=O) groups excluding carboxylic acids is 4. The Hall–Kier alpha value is -2.72. The van der Waals surface area contributed by atoms with Gasteiger partial charge in [0.25, 0.3) is 0 Å². The molecule has 1 heterocycles. The number of carbonyl (C=O) groups is 4. The predicted octanol–water partition coefficient (Wildman–Crippen LogP) is 3.74. The molecule has 0 radical (unpaired) electrons. The second-order valence-corrected chi connectivity index (χ2v) is 11.9. The van der Waals surface area contributed by atoms with Crippen LogP contribution in [0.2, 0.25) is 0 Å². The van der Waals surface area contributed by atoms with Gasteiger partial charge in [-0.2, -0.15) is 0 Å². The Morgan fingerprint density at radius 3 is 1.57 bits per heavy atom. The molecule has 0 saturated carbocycles. The third-order valence-electron chi connectivity index (χ3n) is 4.61. The van der Waals surface area contributed by atoms with Gasteiger partial charge in [-0.1, -0.05) is 0 Å². The van der Waals surface area contributed by atoms with Gasteiger partial charge in [-0.3, -0.25) is 4.90 Å². The molecule has 0 aliphatic carbocycles. The maximum Gasteiger partial charge on any atom is 0.411 e. The quantitative estimate of drug-likeness (QED) is 0.398. The number of esters is 1. The lowest BCUT2D eigenvalue weighted by Crippen LogP contribution is -2.50. The van der Waals surface area contributed by atoms with Crippen molar-refractivity contribution in [1.82, 2.24) is 15.5 Å². The minimum atomic E-state index is -1.04. The van der Waals surface area contributed by atoms with Gasteiger partial charge in [0.15, 0.2) is 0 Å². The van der Waals surface area contributed by atoms with E-state index in [2.05, 4.69) is 10.6 Å². The van der Waals surface area contributed by atoms with Crippen LogP contribution in [-0.2, 0) is 23.7 Å². The zero-order valence-corrected chi connectivity index (χ0v) is 22.8. The predicted molar refractivity (Wildman–Crippen MR) is 129 cm³/mol. The Morgan fingerprint density at radius 2 is 1.14 bits per heavy atom. The molecule has 1 atom stereocenters. The van der Waals surface area contributed by atoms with Crippen LogP contribution in [0.5, 0.6) is 0 Å². The van der Waals surface area contributed by atoms with Crippen molar-refractivity contribution < 1.29 is 38.1 Å². The molecule has 1 unspecified atom stereocenters. The van der Waals surface area contributed by atoms with E-state index in [0.717, 1.165) is 0 Å². The highest BCUT2D eigenvalue weighted by Crippen LogP contribution is 2.24. The number of amides is 3. The van der Waals surface area contributed by atoms with E-state index in [0.29, 0.717) is 19.4 Å². The number of likely N-dealkylation sites (tertiary alicyclic amines) is 1. The van der Waals surface area contributed by atoms with Crippen LogP contribution < -0.4 is 10.6 Å². The van der Waals surface area contributed by atoms with Crippen molar-refractivity contribution in [2.45, 2.75) is 111 Å². The van der Waals surface area contributed by atoms with E-state index in [1.54, 1.807) is 69.2 Å². The second kappa shape index (κ2) is 11.3. The molecule has 1 rings (SSSR count). The Labute approximate surface area is 208 Å². The van der Waals surface area contributed by atoms with Gasteiger partial charge in [0.2, 0.25) is 0 Å². The molecule has 11 nitrogen and oxygen atoms in total. The summed E-state index contributed by atoms with van der Waals surface area (Å²) >= 11 is 0. The minimum absolute atomic E-state index is 0.0278. The third-order valence-corrected chi connectivity index (χ3v) is 4.61. The zero-order chi connectivity index (χ0) is 27.2. The fourth-order valence-corrected chi connectivity index (χ4v) is 3.14. The van der Waals surface area contributed by atoms with Crippen molar-refractivity contribution >= 4 is 24.2 Å². The Kier molecular flexibility index (Phi) is 9.82. The summed E-state index contributed by atoms with van der Waals surface area (Å²) in [5.74, 6) is -0.583. The van der Waals surface area contributed by atoms with Crippen molar-refractivity contribution in [2.75, 3.05) is 19.6 Å². The Balaban J connectivity index is 2.65. The van der Waals surface area contributed by atoms with Gasteiger partial charge < -0.3 is 29.6 Å². The summed E-state index contributed by atoms with van der Waals surface area (Å²) in [6.07, 6.45) is -0.867. The Bertz CT molecular complexity index is 717. The minimum Gasteiger partial charge on any atom is -0.456 e. The second-order valence-electron chi connectivity index (χ2n) is 11.9. The maximum absolute atomic E-state index is 12.9. The van der Waals surface area contributed by atoms with E-state index in [1.807, 2.05) is 0 Å². The summed E-state index contributed by atoms with van der Waals surface area (Å²) in [5.41, 5.74) is -3.36. The number of nitrogens with one attached hydrogen (secondary N) is 2. The van der Waals surface area contributed by atoms with Crippen LogP contribution in [0.3, 0.4) is 0 Å². The van der Waals surface area contributed by atoms with Crippen LogP contribution in [-0.4, -0.2) is 77.2 Å². The molecule has 1 fully saturated rings. The normalized spacial score (nSPS) is 16.9. The molecule has 35 heavy (non-hydrogen) atoms. The molecule has 1 saturated heterocycles. The maximum atomic E-state index is 12.9. The van der Waals surface area contributed by atoms with Crippen LogP contribution in [0, 0.1) is 0 Å². The Morgan fingerprint density at radius 1 is 0.714 bits per heavy atom. The lowest BCUT2D eigenvalue weighted by atomic mass is 10.1. The molecule has 0 spiro atoms. The zero-order valence-electron chi connectivity index (χ0n) is 22.8. The van der Waals surface area contributed by atoms with E-state index >= 15 is 0 Å². The van der Waals surface area contributed by atoms with Crippen LogP contribution in [0.25, 0.3) is 0 Å². The SMILES string of the molecule is CC(C)(C)OC(=O)NCC(C)(C)OC(=O)C1CCCN1C(=O)OC(C)(C)CNC(=O)OC(C)(C)C. The lowest BCUT2D eigenvalue weighted by Gasteiger charge is -2.32.